The second-order valence-corrected chi connectivity index (χ2v) is 7.84. The Morgan fingerprint density at radius 3 is 2.54 bits per heavy atom. The minimum Gasteiger partial charge on any atom is -0.507 e. The van der Waals surface area contributed by atoms with E-state index in [1.54, 1.807) is 17.0 Å². The van der Waals surface area contributed by atoms with Crippen LogP contribution in [0.1, 0.15) is 48.5 Å². The zero-order chi connectivity index (χ0) is 18.9. The molecule has 1 atom stereocenters. The summed E-state index contributed by atoms with van der Waals surface area (Å²) in [6.07, 6.45) is 3.24. The second-order valence-electron chi connectivity index (χ2n) is 7.84. The van der Waals surface area contributed by atoms with Crippen LogP contribution in [0.2, 0.25) is 0 Å². The van der Waals surface area contributed by atoms with Crippen molar-refractivity contribution in [3.05, 3.63) is 29.3 Å². The fourth-order valence-electron chi connectivity index (χ4n) is 4.45. The number of phenolic OH excluding ortho intramolecular Hbond substituents is 1. The molecule has 26 heavy (non-hydrogen) atoms. The maximum Gasteiger partial charge on any atom is 0.320 e. The van der Waals surface area contributed by atoms with Crippen molar-refractivity contribution in [1.82, 2.24) is 9.80 Å². The first-order valence-corrected chi connectivity index (χ1v) is 9.41. The topological polar surface area (TPSA) is 81.1 Å². The second kappa shape index (κ2) is 7.27. The number of piperidine rings is 1. The van der Waals surface area contributed by atoms with Gasteiger partial charge >= 0.3 is 5.97 Å². The number of hydrogen-bond donors (Lipinski definition) is 2. The highest BCUT2D eigenvalue weighted by Gasteiger charge is 2.48. The molecule has 2 N–H and O–H groups in total. The number of aromatic hydroxyl groups is 1. The molecule has 2 aliphatic heterocycles. The van der Waals surface area contributed by atoms with E-state index in [0.717, 1.165) is 37.9 Å². The lowest BCUT2D eigenvalue weighted by Crippen LogP contribution is -2.44. The van der Waals surface area contributed by atoms with Gasteiger partial charge in [-0.15, -0.1) is 0 Å². The molecule has 0 bridgehead atoms. The van der Waals surface area contributed by atoms with Crippen LogP contribution in [-0.4, -0.2) is 64.1 Å². The summed E-state index contributed by atoms with van der Waals surface area (Å²) in [7, 11) is 0. The summed E-state index contributed by atoms with van der Waals surface area (Å²) in [5.41, 5.74) is 1.25. The molecule has 1 spiro atoms. The number of carbonyl (C=O) groups excluding carboxylic acids is 1. The molecule has 2 heterocycles. The number of amides is 1. The van der Waals surface area contributed by atoms with Crippen molar-refractivity contribution in [2.45, 2.75) is 45.6 Å². The summed E-state index contributed by atoms with van der Waals surface area (Å²) in [6.45, 7) is 6.77. The maximum absolute atomic E-state index is 12.7. The standard InChI is InChI=1S/C20H28N2O4/c1-3-8-22-13-20(12-16(22)19(25)26)6-9-21(10-7-20)18(24)15-5-4-14(2)11-17(15)23/h4-5,11,16,23H,3,6-10,12-13H2,1-2H3,(H,25,26)/t16-/m0/s1. The molecule has 1 aromatic rings. The van der Waals surface area contributed by atoms with Gasteiger partial charge in [-0.05, 0) is 62.3 Å². The predicted octanol–water partition coefficient (Wildman–Crippen LogP) is 2.49. The van der Waals surface area contributed by atoms with E-state index in [0.29, 0.717) is 25.1 Å². The Bertz CT molecular complexity index is 695. The van der Waals surface area contributed by atoms with E-state index in [2.05, 4.69) is 11.8 Å². The van der Waals surface area contributed by atoms with Crippen molar-refractivity contribution >= 4 is 11.9 Å². The van der Waals surface area contributed by atoms with Gasteiger partial charge in [0.2, 0.25) is 0 Å². The van der Waals surface area contributed by atoms with Crippen molar-refractivity contribution in [3.8, 4) is 5.75 Å². The number of carboxylic acid groups (broad SMARTS) is 1. The van der Waals surface area contributed by atoms with Crippen LogP contribution in [0.5, 0.6) is 5.75 Å². The van der Waals surface area contributed by atoms with E-state index in [-0.39, 0.29) is 17.1 Å². The quantitative estimate of drug-likeness (QED) is 0.862. The van der Waals surface area contributed by atoms with Gasteiger partial charge in [-0.2, -0.15) is 0 Å². The lowest BCUT2D eigenvalue weighted by Gasteiger charge is -2.39. The van der Waals surface area contributed by atoms with Crippen LogP contribution in [0.3, 0.4) is 0 Å². The first-order valence-electron chi connectivity index (χ1n) is 9.41. The third-order valence-corrected chi connectivity index (χ3v) is 5.90. The number of carboxylic acids is 1. The lowest BCUT2D eigenvalue weighted by atomic mass is 9.76. The summed E-state index contributed by atoms with van der Waals surface area (Å²) in [5.74, 6) is -0.856. The van der Waals surface area contributed by atoms with E-state index in [1.807, 2.05) is 13.0 Å². The zero-order valence-electron chi connectivity index (χ0n) is 15.6. The summed E-state index contributed by atoms with van der Waals surface area (Å²) in [6, 6.07) is 4.71. The number of nitrogens with zero attached hydrogens (tertiary/aromatic N) is 2. The molecule has 2 aliphatic rings. The predicted molar refractivity (Wildman–Crippen MR) is 98.3 cm³/mol. The molecule has 0 aliphatic carbocycles. The van der Waals surface area contributed by atoms with E-state index < -0.39 is 12.0 Å². The summed E-state index contributed by atoms with van der Waals surface area (Å²) >= 11 is 0. The van der Waals surface area contributed by atoms with E-state index >= 15 is 0 Å². The Kier molecular flexibility index (Phi) is 5.23. The van der Waals surface area contributed by atoms with Gasteiger partial charge < -0.3 is 15.1 Å². The van der Waals surface area contributed by atoms with Gasteiger partial charge in [-0.3, -0.25) is 14.5 Å². The highest BCUT2D eigenvalue weighted by molar-refractivity contribution is 5.97. The molecule has 6 heteroatoms. The monoisotopic (exact) mass is 360 g/mol. The molecule has 1 amide bonds. The average molecular weight is 360 g/mol. The number of rotatable bonds is 4. The molecular formula is C20H28N2O4. The average Bonchev–Trinajstić information content (AvgIpc) is 2.94. The smallest absolute Gasteiger partial charge is 0.320 e. The van der Waals surface area contributed by atoms with Crippen LogP contribution in [0, 0.1) is 12.3 Å². The summed E-state index contributed by atoms with van der Waals surface area (Å²) in [4.78, 5) is 28.2. The Hall–Kier alpha value is -2.08. The summed E-state index contributed by atoms with van der Waals surface area (Å²) in [5, 5.41) is 19.6. The van der Waals surface area contributed by atoms with Crippen molar-refractivity contribution in [2.75, 3.05) is 26.2 Å². The number of benzene rings is 1. The number of hydrogen-bond acceptors (Lipinski definition) is 4. The molecule has 0 aromatic heterocycles. The lowest BCUT2D eigenvalue weighted by molar-refractivity contribution is -0.142. The van der Waals surface area contributed by atoms with Gasteiger partial charge in [0, 0.05) is 19.6 Å². The number of likely N-dealkylation sites (tertiary alicyclic amines) is 2. The van der Waals surface area contributed by atoms with E-state index in [4.69, 9.17) is 0 Å². The molecule has 2 saturated heterocycles. The van der Waals surface area contributed by atoms with Gasteiger partial charge in [-0.1, -0.05) is 13.0 Å². The molecule has 0 saturated carbocycles. The third kappa shape index (κ3) is 3.56. The summed E-state index contributed by atoms with van der Waals surface area (Å²) < 4.78 is 0. The molecule has 0 radical (unpaired) electrons. The van der Waals surface area contributed by atoms with Crippen molar-refractivity contribution in [2.24, 2.45) is 5.41 Å². The fourth-order valence-corrected chi connectivity index (χ4v) is 4.45. The van der Waals surface area contributed by atoms with Gasteiger partial charge in [0.25, 0.3) is 5.91 Å². The van der Waals surface area contributed by atoms with E-state index in [1.165, 1.54) is 0 Å². The molecule has 3 rings (SSSR count). The van der Waals surface area contributed by atoms with Crippen LogP contribution in [0.4, 0.5) is 0 Å². The molecule has 1 aromatic carbocycles. The highest BCUT2D eigenvalue weighted by atomic mass is 16.4. The number of aliphatic carboxylic acids is 1. The van der Waals surface area contributed by atoms with Gasteiger partial charge in [0.05, 0.1) is 5.56 Å². The SMILES string of the molecule is CCCN1CC2(CCN(C(=O)c3ccc(C)cc3O)CC2)C[C@H]1C(=O)O. The minimum absolute atomic E-state index is 0.00960. The Labute approximate surface area is 154 Å². The molecule has 2 fully saturated rings. The van der Waals surface area contributed by atoms with Crippen molar-refractivity contribution in [3.63, 3.8) is 0 Å². The Balaban J connectivity index is 1.67. The fraction of sp³-hybridized carbons (Fsp3) is 0.600. The van der Waals surface area contributed by atoms with Crippen LogP contribution in [-0.2, 0) is 4.79 Å². The Morgan fingerprint density at radius 2 is 1.96 bits per heavy atom. The molecule has 0 unspecified atom stereocenters. The van der Waals surface area contributed by atoms with Gasteiger partial charge in [-0.25, -0.2) is 0 Å². The Morgan fingerprint density at radius 1 is 1.27 bits per heavy atom. The van der Waals surface area contributed by atoms with Crippen LogP contribution in [0.15, 0.2) is 18.2 Å². The molecule has 142 valence electrons. The zero-order valence-corrected chi connectivity index (χ0v) is 15.6. The highest BCUT2D eigenvalue weighted by Crippen LogP contribution is 2.43. The first-order chi connectivity index (χ1) is 12.3. The van der Waals surface area contributed by atoms with Crippen LogP contribution in [0.25, 0.3) is 0 Å². The first kappa shape index (κ1) is 18.7. The normalized spacial score (nSPS) is 22.7. The van der Waals surface area contributed by atoms with Crippen molar-refractivity contribution in [1.29, 1.82) is 0 Å². The van der Waals surface area contributed by atoms with E-state index in [9.17, 15) is 19.8 Å². The molecule has 6 nitrogen and oxygen atoms in total. The van der Waals surface area contributed by atoms with Gasteiger partial charge in [0.15, 0.2) is 0 Å². The van der Waals surface area contributed by atoms with Gasteiger partial charge in [0.1, 0.15) is 11.8 Å². The maximum atomic E-state index is 12.7. The minimum atomic E-state index is -0.738. The number of carbonyl (C=O) groups is 2. The molecular weight excluding hydrogens is 332 g/mol. The third-order valence-electron chi connectivity index (χ3n) is 5.90. The van der Waals surface area contributed by atoms with Crippen molar-refractivity contribution < 1.29 is 19.8 Å². The van der Waals surface area contributed by atoms with Crippen LogP contribution >= 0.6 is 0 Å². The largest absolute Gasteiger partial charge is 0.507 e. The number of aryl methyl sites for hydroxylation is 1. The number of phenols is 1. The van der Waals surface area contributed by atoms with Crippen LogP contribution < -0.4 is 0 Å².